The number of carbonyl (C=O) groups excluding carboxylic acids is 3. The molecule has 154 valence electrons. The molecule has 1 aliphatic rings. The van der Waals surface area contributed by atoms with Crippen LogP contribution in [0.5, 0.6) is 0 Å². The number of piperazine rings is 1. The molecule has 1 aromatic carbocycles. The van der Waals surface area contributed by atoms with Crippen molar-refractivity contribution in [3.8, 4) is 0 Å². The van der Waals surface area contributed by atoms with Gasteiger partial charge in [-0.3, -0.25) is 14.4 Å². The van der Waals surface area contributed by atoms with Crippen molar-refractivity contribution >= 4 is 27.6 Å². The molecular formula is C19H27N3O5S. The SMILES string of the molecule is Cc1ccc(S(=O)(=O)CCC(=O)N2CCN(C(=O)C(=O)NC(C)C)CC2)cc1. The van der Waals surface area contributed by atoms with Crippen LogP contribution in [0.3, 0.4) is 0 Å². The topological polar surface area (TPSA) is 104 Å². The third-order valence-corrected chi connectivity index (χ3v) is 6.23. The number of benzene rings is 1. The molecule has 0 saturated carbocycles. The number of nitrogens with zero attached hydrogens (tertiary/aromatic N) is 2. The number of nitrogens with one attached hydrogen (secondary N) is 1. The Hall–Kier alpha value is -2.42. The van der Waals surface area contributed by atoms with E-state index in [2.05, 4.69) is 5.32 Å². The first-order chi connectivity index (χ1) is 13.1. The normalized spacial score (nSPS) is 14.9. The van der Waals surface area contributed by atoms with E-state index in [0.29, 0.717) is 0 Å². The van der Waals surface area contributed by atoms with E-state index in [0.717, 1.165) is 5.56 Å². The van der Waals surface area contributed by atoms with Crippen molar-refractivity contribution in [3.63, 3.8) is 0 Å². The van der Waals surface area contributed by atoms with Crippen LogP contribution in [0.2, 0.25) is 0 Å². The van der Waals surface area contributed by atoms with E-state index in [1.165, 1.54) is 9.80 Å². The first-order valence-electron chi connectivity index (χ1n) is 9.27. The fourth-order valence-corrected chi connectivity index (χ4v) is 4.10. The second kappa shape index (κ2) is 9.18. The van der Waals surface area contributed by atoms with Crippen molar-refractivity contribution in [3.05, 3.63) is 29.8 Å². The second-order valence-corrected chi connectivity index (χ2v) is 9.29. The summed E-state index contributed by atoms with van der Waals surface area (Å²) in [5.74, 6) is -1.79. The van der Waals surface area contributed by atoms with Crippen LogP contribution in [0, 0.1) is 6.92 Å². The molecule has 0 atom stereocenters. The first kappa shape index (κ1) is 21.9. The van der Waals surface area contributed by atoms with Gasteiger partial charge in [0.1, 0.15) is 0 Å². The Morgan fingerprint density at radius 2 is 1.54 bits per heavy atom. The molecule has 28 heavy (non-hydrogen) atoms. The molecule has 0 spiro atoms. The van der Waals surface area contributed by atoms with E-state index in [1.54, 1.807) is 38.1 Å². The number of carbonyl (C=O) groups is 3. The molecule has 0 aliphatic carbocycles. The van der Waals surface area contributed by atoms with Gasteiger partial charge in [-0.25, -0.2) is 8.42 Å². The van der Waals surface area contributed by atoms with Gasteiger partial charge in [0.25, 0.3) is 0 Å². The maximum Gasteiger partial charge on any atom is 0.312 e. The largest absolute Gasteiger partial charge is 0.346 e. The highest BCUT2D eigenvalue weighted by Gasteiger charge is 2.28. The summed E-state index contributed by atoms with van der Waals surface area (Å²) in [5.41, 5.74) is 0.963. The number of rotatable bonds is 5. The smallest absolute Gasteiger partial charge is 0.312 e. The Bertz CT molecular complexity index is 826. The molecule has 1 N–H and O–H groups in total. The molecule has 9 heteroatoms. The van der Waals surface area contributed by atoms with E-state index in [-0.39, 0.29) is 55.2 Å². The Morgan fingerprint density at radius 1 is 1.00 bits per heavy atom. The Morgan fingerprint density at radius 3 is 2.07 bits per heavy atom. The summed E-state index contributed by atoms with van der Waals surface area (Å²) >= 11 is 0. The number of sulfone groups is 1. The molecule has 2 rings (SSSR count). The van der Waals surface area contributed by atoms with Crippen LogP contribution in [0.4, 0.5) is 0 Å². The molecule has 0 radical (unpaired) electrons. The van der Waals surface area contributed by atoms with Crippen molar-refractivity contribution in [1.82, 2.24) is 15.1 Å². The molecule has 1 aliphatic heterocycles. The summed E-state index contributed by atoms with van der Waals surface area (Å²) in [5, 5.41) is 2.55. The number of hydrogen-bond acceptors (Lipinski definition) is 5. The summed E-state index contributed by atoms with van der Waals surface area (Å²) in [7, 11) is -3.52. The number of amides is 3. The lowest BCUT2D eigenvalue weighted by molar-refractivity contribution is -0.148. The lowest BCUT2D eigenvalue weighted by Gasteiger charge is -2.34. The highest BCUT2D eigenvalue weighted by molar-refractivity contribution is 7.91. The monoisotopic (exact) mass is 409 g/mol. The molecule has 0 unspecified atom stereocenters. The van der Waals surface area contributed by atoms with Gasteiger partial charge in [-0.2, -0.15) is 0 Å². The van der Waals surface area contributed by atoms with Crippen molar-refractivity contribution in [2.24, 2.45) is 0 Å². The lowest BCUT2D eigenvalue weighted by Crippen LogP contribution is -2.54. The zero-order valence-electron chi connectivity index (χ0n) is 16.5. The summed E-state index contributed by atoms with van der Waals surface area (Å²) in [6, 6.07) is 6.40. The van der Waals surface area contributed by atoms with Crippen LogP contribution in [0.15, 0.2) is 29.2 Å². The second-order valence-electron chi connectivity index (χ2n) is 7.18. The van der Waals surface area contributed by atoms with Gasteiger partial charge in [-0.05, 0) is 32.9 Å². The summed E-state index contributed by atoms with van der Waals surface area (Å²) in [6.45, 7) is 6.48. The molecule has 0 aromatic heterocycles. The Labute approximate surface area is 165 Å². The minimum Gasteiger partial charge on any atom is -0.346 e. The zero-order chi connectivity index (χ0) is 20.9. The fourth-order valence-electron chi connectivity index (χ4n) is 2.87. The van der Waals surface area contributed by atoms with Crippen molar-refractivity contribution in [2.75, 3.05) is 31.9 Å². The van der Waals surface area contributed by atoms with E-state index >= 15 is 0 Å². The van der Waals surface area contributed by atoms with Crippen LogP contribution in [-0.4, -0.2) is 73.9 Å². The quantitative estimate of drug-likeness (QED) is 0.707. The van der Waals surface area contributed by atoms with Crippen molar-refractivity contribution < 1.29 is 22.8 Å². The minimum atomic E-state index is -3.52. The molecule has 0 bridgehead atoms. The van der Waals surface area contributed by atoms with Crippen LogP contribution in [-0.2, 0) is 24.2 Å². The summed E-state index contributed by atoms with van der Waals surface area (Å²) in [6.07, 6.45) is -0.113. The van der Waals surface area contributed by atoms with Crippen molar-refractivity contribution in [1.29, 1.82) is 0 Å². The lowest BCUT2D eigenvalue weighted by atomic mass is 10.2. The standard InChI is InChI=1S/C19H27N3O5S/c1-14(2)20-18(24)19(25)22-11-9-21(10-12-22)17(23)8-13-28(26,27)16-6-4-15(3)5-7-16/h4-7,14H,8-13H2,1-3H3,(H,20,24). The molecule has 1 fully saturated rings. The van der Waals surface area contributed by atoms with Crippen LogP contribution >= 0.6 is 0 Å². The van der Waals surface area contributed by atoms with Gasteiger partial charge in [0.05, 0.1) is 10.6 Å². The Balaban J connectivity index is 1.84. The Kier molecular flexibility index (Phi) is 7.17. The molecule has 1 aromatic rings. The highest BCUT2D eigenvalue weighted by Crippen LogP contribution is 2.14. The molecular weight excluding hydrogens is 382 g/mol. The summed E-state index contributed by atoms with van der Waals surface area (Å²) in [4.78, 5) is 39.4. The molecule has 8 nitrogen and oxygen atoms in total. The van der Waals surface area contributed by atoms with Gasteiger partial charge in [0, 0.05) is 38.6 Å². The third kappa shape index (κ3) is 5.79. The highest BCUT2D eigenvalue weighted by atomic mass is 32.2. The maximum absolute atomic E-state index is 12.4. The van der Waals surface area contributed by atoms with E-state index < -0.39 is 21.7 Å². The molecule has 3 amide bonds. The van der Waals surface area contributed by atoms with Gasteiger partial charge in [0.15, 0.2) is 9.84 Å². The van der Waals surface area contributed by atoms with E-state index in [1.807, 2.05) is 6.92 Å². The molecule has 1 saturated heterocycles. The average molecular weight is 410 g/mol. The predicted molar refractivity (Wildman–Crippen MR) is 104 cm³/mol. The fraction of sp³-hybridized carbons (Fsp3) is 0.526. The van der Waals surface area contributed by atoms with Crippen molar-refractivity contribution in [2.45, 2.75) is 38.1 Å². The predicted octanol–water partition coefficient (Wildman–Crippen LogP) is 0.354. The third-order valence-electron chi connectivity index (χ3n) is 4.50. The summed E-state index contributed by atoms with van der Waals surface area (Å²) < 4.78 is 24.7. The number of hydrogen-bond donors (Lipinski definition) is 1. The van der Waals surface area contributed by atoms with Gasteiger partial charge in [-0.1, -0.05) is 17.7 Å². The van der Waals surface area contributed by atoms with Gasteiger partial charge in [0.2, 0.25) is 5.91 Å². The van der Waals surface area contributed by atoms with E-state index in [9.17, 15) is 22.8 Å². The minimum absolute atomic E-state index is 0.113. The average Bonchev–Trinajstić information content (AvgIpc) is 2.65. The maximum atomic E-state index is 12.4. The van der Waals surface area contributed by atoms with E-state index in [4.69, 9.17) is 0 Å². The van der Waals surface area contributed by atoms with Gasteiger partial charge >= 0.3 is 11.8 Å². The molecule has 1 heterocycles. The first-order valence-corrected chi connectivity index (χ1v) is 10.9. The van der Waals surface area contributed by atoms with Crippen LogP contribution < -0.4 is 5.32 Å². The van der Waals surface area contributed by atoms with Crippen LogP contribution in [0.1, 0.15) is 25.8 Å². The number of aryl methyl sites for hydroxylation is 1. The van der Waals surface area contributed by atoms with Gasteiger partial charge in [-0.15, -0.1) is 0 Å². The van der Waals surface area contributed by atoms with Crippen LogP contribution in [0.25, 0.3) is 0 Å². The zero-order valence-corrected chi connectivity index (χ0v) is 17.3. The van der Waals surface area contributed by atoms with Gasteiger partial charge < -0.3 is 15.1 Å².